The molecule has 1 N–H and O–H groups in total. The van der Waals surface area contributed by atoms with Gasteiger partial charge in [0.2, 0.25) is 5.91 Å². The third-order valence-corrected chi connectivity index (χ3v) is 6.10. The largest absolute Gasteiger partial charge is 0.357 e. The average Bonchev–Trinajstić information content (AvgIpc) is 2.86. The van der Waals surface area contributed by atoms with Gasteiger partial charge in [0.1, 0.15) is 5.82 Å². The van der Waals surface area contributed by atoms with Gasteiger partial charge in [-0.15, -0.1) is 0 Å². The van der Waals surface area contributed by atoms with Crippen LogP contribution in [0.1, 0.15) is 64.5 Å². The number of nitrogens with zero attached hydrogens (tertiary/aromatic N) is 1. The molecule has 0 saturated carbocycles. The molecule has 1 aliphatic heterocycles. The van der Waals surface area contributed by atoms with Crippen molar-refractivity contribution in [1.82, 2.24) is 0 Å². The topological polar surface area (TPSA) is 49.4 Å². The fourth-order valence-electron chi connectivity index (χ4n) is 4.67. The summed E-state index contributed by atoms with van der Waals surface area (Å²) in [5, 5.41) is 3.49. The van der Waals surface area contributed by atoms with Crippen molar-refractivity contribution in [3.63, 3.8) is 0 Å². The first-order valence-electron chi connectivity index (χ1n) is 11.0. The Labute approximate surface area is 183 Å². The third-order valence-electron chi connectivity index (χ3n) is 6.10. The molecule has 2 aliphatic rings. The van der Waals surface area contributed by atoms with Crippen molar-refractivity contribution >= 4 is 23.1 Å². The van der Waals surface area contributed by atoms with E-state index >= 15 is 0 Å². The van der Waals surface area contributed by atoms with Crippen molar-refractivity contribution < 1.29 is 14.0 Å². The minimum absolute atomic E-state index is 0.0307. The van der Waals surface area contributed by atoms with Gasteiger partial charge < -0.3 is 5.32 Å². The molecule has 0 fully saturated rings. The molecule has 0 spiro atoms. The Bertz CT molecular complexity index is 1040. The molecule has 1 atom stereocenters. The lowest BCUT2D eigenvalue weighted by atomic mass is 9.73. The number of rotatable bonds is 4. The van der Waals surface area contributed by atoms with E-state index in [1.54, 1.807) is 17.0 Å². The van der Waals surface area contributed by atoms with Crippen LogP contribution in [0.15, 0.2) is 59.8 Å². The number of fused-ring (bicyclic) bond motifs is 1. The van der Waals surface area contributed by atoms with E-state index in [4.69, 9.17) is 0 Å². The van der Waals surface area contributed by atoms with E-state index in [1.165, 1.54) is 12.1 Å². The fraction of sp³-hybridized carbons (Fsp3) is 0.385. The van der Waals surface area contributed by atoms with Gasteiger partial charge in [-0.25, -0.2) is 4.39 Å². The van der Waals surface area contributed by atoms with Gasteiger partial charge in [-0.1, -0.05) is 51.5 Å². The van der Waals surface area contributed by atoms with Crippen molar-refractivity contribution in [2.45, 2.75) is 58.9 Å². The monoisotopic (exact) mass is 420 g/mol. The highest BCUT2D eigenvalue weighted by Crippen LogP contribution is 2.48. The van der Waals surface area contributed by atoms with Gasteiger partial charge in [0.25, 0.3) is 0 Å². The number of carbonyl (C=O) groups excluding carboxylic acids is 2. The van der Waals surface area contributed by atoms with E-state index < -0.39 is 6.04 Å². The highest BCUT2D eigenvalue weighted by atomic mass is 19.1. The zero-order valence-electron chi connectivity index (χ0n) is 18.4. The van der Waals surface area contributed by atoms with E-state index in [9.17, 15) is 14.0 Å². The number of nitrogens with one attached hydrogen (secondary N) is 1. The number of halogens is 1. The number of ketones is 1. The molecule has 31 heavy (non-hydrogen) atoms. The average molecular weight is 421 g/mol. The molecular formula is C26H29FN2O2. The summed E-state index contributed by atoms with van der Waals surface area (Å²) in [6.45, 7) is 6.23. The van der Waals surface area contributed by atoms with Crippen LogP contribution in [0.5, 0.6) is 0 Å². The van der Waals surface area contributed by atoms with Gasteiger partial charge in [-0.05, 0) is 48.1 Å². The number of amides is 1. The van der Waals surface area contributed by atoms with Crippen molar-refractivity contribution in [3.8, 4) is 0 Å². The van der Waals surface area contributed by atoms with Crippen LogP contribution < -0.4 is 10.2 Å². The second-order valence-corrected chi connectivity index (χ2v) is 9.30. The number of Topliss-reactive ketones (excluding diaryl/α,β-unsaturated/α-hetero) is 1. The van der Waals surface area contributed by atoms with Gasteiger partial charge in [0, 0.05) is 24.1 Å². The second-order valence-electron chi connectivity index (χ2n) is 9.30. The van der Waals surface area contributed by atoms with Crippen LogP contribution in [0.3, 0.4) is 0 Å². The summed E-state index contributed by atoms with van der Waals surface area (Å²) in [4.78, 5) is 28.7. The Morgan fingerprint density at radius 1 is 1.13 bits per heavy atom. The summed E-state index contributed by atoms with van der Waals surface area (Å²) in [5.74, 6) is -0.337. The molecule has 1 amide bonds. The summed E-state index contributed by atoms with van der Waals surface area (Å²) >= 11 is 0. The van der Waals surface area contributed by atoms with E-state index in [1.807, 2.05) is 24.3 Å². The maximum atomic E-state index is 13.7. The third kappa shape index (κ3) is 4.14. The minimum Gasteiger partial charge on any atom is -0.357 e. The highest BCUT2D eigenvalue weighted by Gasteiger charge is 2.43. The highest BCUT2D eigenvalue weighted by molar-refractivity contribution is 6.06. The Balaban J connectivity index is 1.96. The summed E-state index contributed by atoms with van der Waals surface area (Å²) in [7, 11) is 0. The number of para-hydroxylation sites is 2. The Kier molecular flexibility index (Phi) is 5.69. The zero-order chi connectivity index (χ0) is 22.2. The first kappa shape index (κ1) is 21.3. The predicted molar refractivity (Wildman–Crippen MR) is 121 cm³/mol. The number of hydrogen-bond acceptors (Lipinski definition) is 3. The molecule has 0 radical (unpaired) electrons. The summed E-state index contributed by atoms with van der Waals surface area (Å²) in [6.07, 6.45) is 3.19. The number of anilines is 2. The van der Waals surface area contributed by atoms with Crippen LogP contribution in [-0.4, -0.2) is 11.7 Å². The molecule has 162 valence electrons. The van der Waals surface area contributed by atoms with E-state index in [2.05, 4.69) is 26.1 Å². The Hall–Kier alpha value is -2.95. The predicted octanol–water partition coefficient (Wildman–Crippen LogP) is 6.16. The first-order chi connectivity index (χ1) is 14.8. The van der Waals surface area contributed by atoms with E-state index in [-0.39, 0.29) is 22.9 Å². The Morgan fingerprint density at radius 2 is 1.84 bits per heavy atom. The van der Waals surface area contributed by atoms with Gasteiger partial charge in [0.15, 0.2) is 5.78 Å². The second kappa shape index (κ2) is 8.29. The molecule has 5 heteroatoms. The van der Waals surface area contributed by atoms with Crippen molar-refractivity contribution in [3.05, 3.63) is 71.2 Å². The molecular weight excluding hydrogens is 391 g/mol. The number of unbranched alkanes of at least 4 members (excludes halogenated alkanes) is 1. The first-order valence-corrected chi connectivity index (χ1v) is 11.0. The van der Waals surface area contributed by atoms with Crippen LogP contribution >= 0.6 is 0 Å². The van der Waals surface area contributed by atoms with Crippen molar-refractivity contribution in [2.24, 2.45) is 5.41 Å². The maximum Gasteiger partial charge on any atom is 0.227 e. The zero-order valence-corrected chi connectivity index (χ0v) is 18.4. The number of carbonyl (C=O) groups is 2. The number of hydrogen-bond donors (Lipinski definition) is 1. The lowest BCUT2D eigenvalue weighted by Crippen LogP contribution is -2.39. The molecule has 0 aromatic heterocycles. The molecule has 0 bridgehead atoms. The standard InChI is InChI=1S/C26H29FN2O2/c1-4-5-10-23(31)29-21-9-7-6-8-19(21)28-20-15-26(2,3)16-22(30)24(20)25(29)17-11-13-18(27)14-12-17/h6-9,11-14,25,28H,4-5,10,15-16H2,1-3H3/t25-/m0/s1. The molecule has 2 aromatic rings. The molecule has 1 heterocycles. The van der Waals surface area contributed by atoms with E-state index in [0.717, 1.165) is 35.5 Å². The van der Waals surface area contributed by atoms with Crippen LogP contribution in [0.4, 0.5) is 15.8 Å². The molecule has 0 saturated heterocycles. The smallest absolute Gasteiger partial charge is 0.227 e. The minimum atomic E-state index is -0.584. The van der Waals surface area contributed by atoms with Crippen LogP contribution in [0, 0.1) is 11.2 Å². The summed E-state index contributed by atoms with van der Waals surface area (Å²) in [5.41, 5.74) is 3.60. The Morgan fingerprint density at radius 3 is 2.55 bits per heavy atom. The quantitative estimate of drug-likeness (QED) is 0.644. The lowest BCUT2D eigenvalue weighted by molar-refractivity contribution is -0.119. The SMILES string of the molecule is CCCCC(=O)N1c2ccccc2NC2=C(C(=O)CC(C)(C)C2)[C@@H]1c1ccc(F)cc1. The normalized spacial score (nSPS) is 19.9. The van der Waals surface area contributed by atoms with Crippen molar-refractivity contribution in [2.75, 3.05) is 10.2 Å². The summed E-state index contributed by atoms with van der Waals surface area (Å²) < 4.78 is 13.7. The van der Waals surface area contributed by atoms with Crippen LogP contribution in [-0.2, 0) is 9.59 Å². The summed E-state index contributed by atoms with van der Waals surface area (Å²) in [6, 6.07) is 13.3. The van der Waals surface area contributed by atoms with Gasteiger partial charge in [-0.2, -0.15) is 0 Å². The van der Waals surface area contributed by atoms with Crippen LogP contribution in [0.25, 0.3) is 0 Å². The number of benzene rings is 2. The number of allylic oxidation sites excluding steroid dienone is 1. The lowest BCUT2D eigenvalue weighted by Gasteiger charge is -2.37. The molecule has 4 nitrogen and oxygen atoms in total. The molecule has 2 aromatic carbocycles. The van der Waals surface area contributed by atoms with Gasteiger partial charge >= 0.3 is 0 Å². The maximum absolute atomic E-state index is 13.7. The molecule has 0 unspecified atom stereocenters. The van der Waals surface area contributed by atoms with Crippen LogP contribution in [0.2, 0.25) is 0 Å². The fourth-order valence-corrected chi connectivity index (χ4v) is 4.67. The van der Waals surface area contributed by atoms with Gasteiger partial charge in [-0.3, -0.25) is 14.5 Å². The molecule has 1 aliphatic carbocycles. The van der Waals surface area contributed by atoms with E-state index in [0.29, 0.717) is 24.8 Å². The molecule has 4 rings (SSSR count). The van der Waals surface area contributed by atoms with Gasteiger partial charge in [0.05, 0.1) is 17.4 Å². The van der Waals surface area contributed by atoms with Crippen molar-refractivity contribution in [1.29, 1.82) is 0 Å².